The minimum atomic E-state index is 1.27. The van der Waals surface area contributed by atoms with Gasteiger partial charge in [0.15, 0.2) is 0 Å². The van der Waals surface area contributed by atoms with Gasteiger partial charge in [-0.2, -0.15) is 0 Å². The molecule has 0 amide bonds. The van der Waals surface area contributed by atoms with E-state index in [-0.39, 0.29) is 0 Å². The van der Waals surface area contributed by atoms with Gasteiger partial charge in [0, 0.05) is 52.5 Å². The summed E-state index contributed by atoms with van der Waals surface area (Å²) in [5.74, 6) is 0. The van der Waals surface area contributed by atoms with Crippen LogP contribution in [0.15, 0.2) is 109 Å². The zero-order chi connectivity index (χ0) is 25.7. The van der Waals surface area contributed by atoms with Crippen LogP contribution in [0.2, 0.25) is 0 Å². The molecule has 5 heterocycles. The molecule has 11 aromatic rings. The highest BCUT2D eigenvalue weighted by molar-refractivity contribution is 7.27. The van der Waals surface area contributed by atoms with E-state index >= 15 is 0 Å². The molecule has 2 nitrogen and oxygen atoms in total. The number of thiophene rings is 2. The minimum absolute atomic E-state index is 1.27. The highest BCUT2D eigenvalue weighted by Gasteiger charge is 2.24. The third-order valence-electron chi connectivity index (χ3n) is 9.03. The van der Waals surface area contributed by atoms with Gasteiger partial charge in [-0.05, 0) is 24.3 Å². The molecule has 0 aliphatic rings. The highest BCUT2D eigenvalue weighted by Crippen LogP contribution is 2.47. The summed E-state index contributed by atoms with van der Waals surface area (Å²) in [7, 11) is 0. The number of hydrogen-bond acceptors (Lipinski definition) is 2. The summed E-state index contributed by atoms with van der Waals surface area (Å²) in [6.07, 6.45) is 0. The second kappa shape index (κ2) is 6.73. The van der Waals surface area contributed by atoms with Gasteiger partial charge in [0.25, 0.3) is 0 Å². The van der Waals surface area contributed by atoms with E-state index in [9.17, 15) is 0 Å². The summed E-state index contributed by atoms with van der Waals surface area (Å²) in [4.78, 5) is 0. The van der Waals surface area contributed by atoms with Gasteiger partial charge in [-0.25, -0.2) is 0 Å². The summed E-state index contributed by atoms with van der Waals surface area (Å²) in [5, 5.41) is 10.7. The predicted octanol–water partition coefficient (Wildman–Crippen LogP) is 11.0. The molecular weight excluding hydrogens is 525 g/mol. The van der Waals surface area contributed by atoms with Crippen LogP contribution in [0.1, 0.15) is 0 Å². The maximum atomic E-state index is 2.57. The molecular formula is C36H18N2S2. The zero-order valence-electron chi connectivity index (χ0n) is 21.1. The van der Waals surface area contributed by atoms with Crippen molar-refractivity contribution in [2.45, 2.75) is 0 Å². The van der Waals surface area contributed by atoms with Crippen molar-refractivity contribution in [2.24, 2.45) is 0 Å². The smallest absolute Gasteiger partial charge is 0.0783 e. The average molecular weight is 543 g/mol. The van der Waals surface area contributed by atoms with Gasteiger partial charge < -0.3 is 8.80 Å². The first kappa shape index (κ1) is 20.3. The van der Waals surface area contributed by atoms with Gasteiger partial charge in [0.05, 0.1) is 42.5 Å². The predicted molar refractivity (Wildman–Crippen MR) is 175 cm³/mol. The molecule has 0 saturated heterocycles. The summed E-state index contributed by atoms with van der Waals surface area (Å²) in [5.41, 5.74) is 7.81. The Bertz CT molecular complexity index is 2670. The number of fused-ring (bicyclic) bond motifs is 16. The van der Waals surface area contributed by atoms with Crippen LogP contribution >= 0.6 is 22.7 Å². The number of aromatic nitrogens is 2. The van der Waals surface area contributed by atoms with Gasteiger partial charge in [-0.1, -0.05) is 84.9 Å². The number of benzene rings is 6. The summed E-state index contributed by atoms with van der Waals surface area (Å²) < 4.78 is 10.6. The van der Waals surface area contributed by atoms with Crippen molar-refractivity contribution in [2.75, 3.05) is 0 Å². The van der Waals surface area contributed by atoms with Gasteiger partial charge in [-0.15, -0.1) is 22.7 Å². The Morgan fingerprint density at radius 2 is 0.725 bits per heavy atom. The van der Waals surface area contributed by atoms with Crippen LogP contribution in [0, 0.1) is 0 Å². The van der Waals surface area contributed by atoms with Crippen molar-refractivity contribution < 1.29 is 0 Å². The Morgan fingerprint density at radius 1 is 0.325 bits per heavy atom. The molecule has 40 heavy (non-hydrogen) atoms. The van der Waals surface area contributed by atoms with Gasteiger partial charge >= 0.3 is 0 Å². The molecule has 184 valence electrons. The molecule has 0 aliphatic heterocycles. The van der Waals surface area contributed by atoms with Gasteiger partial charge in [0.2, 0.25) is 0 Å². The summed E-state index contributed by atoms with van der Waals surface area (Å²) in [6.45, 7) is 0. The maximum Gasteiger partial charge on any atom is 0.0783 e. The van der Waals surface area contributed by atoms with E-state index < -0.39 is 0 Å². The topological polar surface area (TPSA) is 8.82 Å². The van der Waals surface area contributed by atoms with E-state index in [1.165, 1.54) is 95.0 Å². The molecule has 11 rings (SSSR count). The van der Waals surface area contributed by atoms with Crippen molar-refractivity contribution in [1.82, 2.24) is 8.80 Å². The fourth-order valence-corrected chi connectivity index (χ4v) is 9.94. The lowest BCUT2D eigenvalue weighted by Gasteiger charge is -2.11. The van der Waals surface area contributed by atoms with Crippen LogP contribution in [0.4, 0.5) is 0 Å². The van der Waals surface area contributed by atoms with Crippen molar-refractivity contribution in [1.29, 1.82) is 0 Å². The first-order valence-electron chi connectivity index (χ1n) is 13.6. The van der Waals surface area contributed by atoms with Crippen LogP contribution in [0.3, 0.4) is 0 Å². The fraction of sp³-hybridized carbons (Fsp3) is 0. The highest BCUT2D eigenvalue weighted by atomic mass is 32.1. The molecule has 0 fully saturated rings. The Hall–Kier alpha value is -4.64. The largest absolute Gasteiger partial charge is 0.304 e. The molecule has 4 heteroatoms. The molecule has 0 atom stereocenters. The lowest BCUT2D eigenvalue weighted by Crippen LogP contribution is -1.96. The van der Waals surface area contributed by atoms with Gasteiger partial charge in [0.1, 0.15) is 0 Å². The van der Waals surface area contributed by atoms with Crippen molar-refractivity contribution in [3.05, 3.63) is 109 Å². The van der Waals surface area contributed by atoms with Gasteiger partial charge in [-0.3, -0.25) is 0 Å². The molecule has 6 aromatic carbocycles. The Morgan fingerprint density at radius 3 is 1.23 bits per heavy atom. The second-order valence-electron chi connectivity index (χ2n) is 10.9. The molecule has 0 bridgehead atoms. The summed E-state index contributed by atoms with van der Waals surface area (Å²) >= 11 is 3.84. The molecule has 0 radical (unpaired) electrons. The second-order valence-corrected chi connectivity index (χ2v) is 13.0. The monoisotopic (exact) mass is 542 g/mol. The van der Waals surface area contributed by atoms with Crippen molar-refractivity contribution in [3.63, 3.8) is 0 Å². The minimum Gasteiger partial charge on any atom is -0.304 e. The third-order valence-corrected chi connectivity index (χ3v) is 11.4. The van der Waals surface area contributed by atoms with Crippen LogP contribution in [0.5, 0.6) is 0 Å². The lowest BCUT2D eigenvalue weighted by molar-refractivity contribution is 1.27. The molecule has 5 aromatic heterocycles. The average Bonchev–Trinajstić information content (AvgIpc) is 3.74. The van der Waals surface area contributed by atoms with E-state index in [1.54, 1.807) is 0 Å². The first-order chi connectivity index (χ1) is 19.9. The normalized spacial score (nSPS) is 13.0. The number of para-hydroxylation sites is 2. The Balaban J connectivity index is 1.49. The SMILES string of the molecule is c1ccc2c(c1)sc1c2ccc2c3cccc4c3n(c3cccc5c6ccc7c8ccccc8sc7c6n4c53)c21. The van der Waals surface area contributed by atoms with E-state index in [1.807, 2.05) is 22.7 Å². The van der Waals surface area contributed by atoms with E-state index in [2.05, 4.69) is 118 Å². The van der Waals surface area contributed by atoms with Crippen LogP contribution < -0.4 is 0 Å². The molecule has 0 N–H and O–H groups in total. The molecule has 0 spiro atoms. The van der Waals surface area contributed by atoms with Crippen molar-refractivity contribution in [3.8, 4) is 0 Å². The van der Waals surface area contributed by atoms with Crippen molar-refractivity contribution >= 4 is 118 Å². The number of hydrogen-bond donors (Lipinski definition) is 0. The van der Waals surface area contributed by atoms with Crippen LogP contribution in [-0.2, 0) is 0 Å². The zero-order valence-corrected chi connectivity index (χ0v) is 22.7. The van der Waals surface area contributed by atoms with E-state index in [0.717, 1.165) is 0 Å². The maximum absolute atomic E-state index is 2.57. The first-order valence-corrected chi connectivity index (χ1v) is 15.3. The fourth-order valence-electron chi connectivity index (χ4n) is 7.46. The lowest BCUT2D eigenvalue weighted by atomic mass is 10.1. The number of rotatable bonds is 0. The van der Waals surface area contributed by atoms with E-state index in [4.69, 9.17) is 0 Å². The Labute approximate surface area is 234 Å². The van der Waals surface area contributed by atoms with Crippen LogP contribution in [0.25, 0.3) is 95.0 Å². The number of nitrogens with zero attached hydrogens (tertiary/aromatic N) is 2. The third kappa shape index (κ3) is 2.15. The van der Waals surface area contributed by atoms with E-state index in [0.29, 0.717) is 0 Å². The quantitative estimate of drug-likeness (QED) is 0.169. The Kier molecular flexibility index (Phi) is 3.42. The summed E-state index contributed by atoms with van der Waals surface area (Å²) in [6, 6.07) is 40.8. The molecule has 0 aliphatic carbocycles. The molecule has 0 saturated carbocycles. The standard InChI is InChI=1S/C36H18N2S2/c1-3-13-29-19(7-1)25-17-15-23-21-9-5-12-28-31(21)37(33(23)35(25)39-29)27-11-6-10-22-24-16-18-26-20-8-2-4-14-30(20)40-36(26)34(24)38(28)32(22)27/h1-18H. The molecule has 0 unspecified atom stereocenters. The van der Waals surface area contributed by atoms with Crippen LogP contribution in [-0.4, -0.2) is 8.80 Å².